The van der Waals surface area contributed by atoms with Crippen molar-refractivity contribution in [2.75, 3.05) is 19.8 Å². The van der Waals surface area contributed by atoms with E-state index in [1.165, 1.54) is 0 Å². The maximum Gasteiger partial charge on any atom is 0.253 e. The zero-order chi connectivity index (χ0) is 15.3. The first-order valence-corrected chi connectivity index (χ1v) is 7.15. The molecule has 112 valence electrons. The highest BCUT2D eigenvalue weighted by atomic mass is 16.5. The summed E-state index contributed by atoms with van der Waals surface area (Å²) in [6, 6.07) is 5.62. The van der Waals surface area contributed by atoms with E-state index in [1.54, 1.807) is 0 Å². The highest BCUT2D eigenvalue weighted by Gasteiger charge is 2.31. The third-order valence-electron chi connectivity index (χ3n) is 3.51. The fourth-order valence-corrected chi connectivity index (χ4v) is 2.28. The SMILES string of the molecule is Cc1ccc(C#CCCO)c(C(=O)NC2(C)CCOC2)c1. The van der Waals surface area contributed by atoms with E-state index in [0.717, 1.165) is 12.0 Å². The average Bonchev–Trinajstić information content (AvgIpc) is 2.87. The number of hydrogen-bond donors (Lipinski definition) is 2. The lowest BCUT2D eigenvalue weighted by molar-refractivity contribution is 0.0889. The number of ether oxygens (including phenoxy) is 1. The average molecular weight is 287 g/mol. The van der Waals surface area contributed by atoms with Crippen LogP contribution in [-0.2, 0) is 4.74 Å². The molecule has 0 aromatic heterocycles. The van der Waals surface area contributed by atoms with Gasteiger partial charge in [-0.15, -0.1) is 0 Å². The highest BCUT2D eigenvalue weighted by Crippen LogP contribution is 2.19. The molecule has 1 aromatic rings. The standard InChI is InChI=1S/C17H21NO3/c1-13-6-7-14(5-3-4-9-19)15(11-13)16(20)18-17(2)8-10-21-12-17/h6-7,11,19H,4,8-10,12H2,1-2H3,(H,18,20). The van der Waals surface area contributed by atoms with E-state index < -0.39 is 0 Å². The number of rotatable bonds is 3. The number of carbonyl (C=O) groups is 1. The van der Waals surface area contributed by atoms with Crippen LogP contribution >= 0.6 is 0 Å². The topological polar surface area (TPSA) is 58.6 Å². The van der Waals surface area contributed by atoms with Gasteiger partial charge in [0.15, 0.2) is 0 Å². The predicted molar refractivity (Wildman–Crippen MR) is 81.1 cm³/mol. The molecule has 4 nitrogen and oxygen atoms in total. The summed E-state index contributed by atoms with van der Waals surface area (Å²) in [6.45, 7) is 5.17. The third-order valence-corrected chi connectivity index (χ3v) is 3.51. The Morgan fingerprint density at radius 1 is 1.52 bits per heavy atom. The molecule has 0 radical (unpaired) electrons. The number of benzene rings is 1. The summed E-state index contributed by atoms with van der Waals surface area (Å²) in [5.41, 5.74) is 1.97. The zero-order valence-corrected chi connectivity index (χ0v) is 12.5. The van der Waals surface area contributed by atoms with Gasteiger partial charge in [-0.25, -0.2) is 0 Å². The number of aryl methyl sites for hydroxylation is 1. The van der Waals surface area contributed by atoms with Crippen LogP contribution in [0.15, 0.2) is 18.2 Å². The van der Waals surface area contributed by atoms with Crippen LogP contribution in [0.5, 0.6) is 0 Å². The van der Waals surface area contributed by atoms with Gasteiger partial charge in [0.2, 0.25) is 0 Å². The molecule has 2 N–H and O–H groups in total. The van der Waals surface area contributed by atoms with E-state index >= 15 is 0 Å². The Kier molecular flexibility index (Phi) is 5.00. The second-order valence-electron chi connectivity index (χ2n) is 5.64. The lowest BCUT2D eigenvalue weighted by atomic mass is 9.99. The Bertz CT molecular complexity index is 577. The van der Waals surface area contributed by atoms with Crippen LogP contribution in [0.4, 0.5) is 0 Å². The maximum absolute atomic E-state index is 12.5. The van der Waals surface area contributed by atoms with Crippen LogP contribution in [0.1, 0.15) is 41.3 Å². The summed E-state index contributed by atoms with van der Waals surface area (Å²) in [7, 11) is 0. The first-order valence-electron chi connectivity index (χ1n) is 7.15. The van der Waals surface area contributed by atoms with Gasteiger partial charge in [-0.05, 0) is 32.4 Å². The summed E-state index contributed by atoms with van der Waals surface area (Å²) in [6.07, 6.45) is 1.22. The van der Waals surface area contributed by atoms with Crippen LogP contribution in [-0.4, -0.2) is 36.4 Å². The van der Waals surface area contributed by atoms with Gasteiger partial charge in [0.25, 0.3) is 5.91 Å². The Balaban J connectivity index is 2.23. The van der Waals surface area contributed by atoms with Gasteiger partial charge in [-0.2, -0.15) is 0 Å². The number of hydrogen-bond acceptors (Lipinski definition) is 3. The van der Waals surface area contributed by atoms with Crippen molar-refractivity contribution in [1.29, 1.82) is 0 Å². The Hall–Kier alpha value is -1.83. The second-order valence-corrected chi connectivity index (χ2v) is 5.64. The Morgan fingerprint density at radius 2 is 2.33 bits per heavy atom. The first kappa shape index (κ1) is 15.6. The van der Waals surface area contributed by atoms with Crippen molar-refractivity contribution in [2.45, 2.75) is 32.2 Å². The molecule has 1 amide bonds. The number of carbonyl (C=O) groups excluding carboxylic acids is 1. The van der Waals surface area contributed by atoms with Gasteiger partial charge in [0.05, 0.1) is 24.3 Å². The van der Waals surface area contributed by atoms with Crippen LogP contribution in [0.2, 0.25) is 0 Å². The molecule has 0 spiro atoms. The van der Waals surface area contributed by atoms with Crippen molar-refractivity contribution < 1.29 is 14.6 Å². The quantitative estimate of drug-likeness (QED) is 0.831. The third kappa shape index (κ3) is 4.07. The Labute approximate surface area is 125 Å². The second kappa shape index (κ2) is 6.75. The van der Waals surface area contributed by atoms with Crippen molar-refractivity contribution in [3.63, 3.8) is 0 Å². The molecule has 21 heavy (non-hydrogen) atoms. The molecule has 1 aliphatic heterocycles. The molecular formula is C17H21NO3. The minimum atomic E-state index is -0.309. The van der Waals surface area contributed by atoms with Gasteiger partial charge in [-0.1, -0.05) is 23.5 Å². The minimum Gasteiger partial charge on any atom is -0.395 e. The van der Waals surface area contributed by atoms with Crippen LogP contribution in [0.25, 0.3) is 0 Å². The molecule has 1 atom stereocenters. The van der Waals surface area contributed by atoms with Crippen LogP contribution < -0.4 is 5.32 Å². The normalized spacial score (nSPS) is 20.7. The van der Waals surface area contributed by atoms with E-state index in [1.807, 2.05) is 32.0 Å². The van der Waals surface area contributed by atoms with E-state index in [2.05, 4.69) is 17.2 Å². The molecule has 0 aliphatic carbocycles. The molecule has 2 rings (SSSR count). The summed E-state index contributed by atoms with van der Waals surface area (Å²) >= 11 is 0. The number of amides is 1. The molecule has 1 fully saturated rings. The van der Waals surface area contributed by atoms with Crippen molar-refractivity contribution in [3.8, 4) is 11.8 Å². The predicted octanol–water partition coefficient (Wildman–Crippen LogP) is 1.64. The Morgan fingerprint density at radius 3 is 3.00 bits per heavy atom. The van der Waals surface area contributed by atoms with Crippen molar-refractivity contribution in [3.05, 3.63) is 34.9 Å². The minimum absolute atomic E-state index is 0.0236. The molecule has 1 aliphatic rings. The van der Waals surface area contributed by atoms with Crippen molar-refractivity contribution in [1.82, 2.24) is 5.32 Å². The van der Waals surface area contributed by atoms with Crippen LogP contribution in [0.3, 0.4) is 0 Å². The van der Waals surface area contributed by atoms with Gasteiger partial charge in [-0.3, -0.25) is 4.79 Å². The highest BCUT2D eigenvalue weighted by molar-refractivity contribution is 5.97. The van der Waals surface area contributed by atoms with Crippen LogP contribution in [0, 0.1) is 18.8 Å². The molecule has 1 aromatic carbocycles. The summed E-state index contributed by atoms with van der Waals surface area (Å²) in [5.74, 6) is 5.70. The molecule has 0 bridgehead atoms. The van der Waals surface area contributed by atoms with Gasteiger partial charge < -0.3 is 15.2 Å². The maximum atomic E-state index is 12.5. The lowest BCUT2D eigenvalue weighted by Crippen LogP contribution is -2.46. The fraction of sp³-hybridized carbons (Fsp3) is 0.471. The molecule has 1 heterocycles. The first-order chi connectivity index (χ1) is 10.0. The molecule has 0 saturated carbocycles. The smallest absolute Gasteiger partial charge is 0.253 e. The number of aliphatic hydroxyl groups excluding tert-OH is 1. The van der Waals surface area contributed by atoms with Crippen molar-refractivity contribution in [2.24, 2.45) is 0 Å². The zero-order valence-electron chi connectivity index (χ0n) is 12.5. The van der Waals surface area contributed by atoms with Gasteiger partial charge in [0.1, 0.15) is 0 Å². The van der Waals surface area contributed by atoms with Crippen molar-refractivity contribution >= 4 is 5.91 Å². The molecule has 1 saturated heterocycles. The summed E-state index contributed by atoms with van der Waals surface area (Å²) in [4.78, 5) is 12.5. The molecular weight excluding hydrogens is 266 g/mol. The fourth-order valence-electron chi connectivity index (χ4n) is 2.28. The van der Waals surface area contributed by atoms with Gasteiger partial charge >= 0.3 is 0 Å². The van der Waals surface area contributed by atoms with E-state index in [-0.39, 0.29) is 18.1 Å². The van der Waals surface area contributed by atoms with E-state index in [0.29, 0.717) is 30.8 Å². The summed E-state index contributed by atoms with van der Waals surface area (Å²) < 4.78 is 5.36. The largest absolute Gasteiger partial charge is 0.395 e. The summed E-state index contributed by atoms with van der Waals surface area (Å²) in [5, 5.41) is 11.8. The molecule has 4 heteroatoms. The van der Waals surface area contributed by atoms with E-state index in [9.17, 15) is 4.79 Å². The van der Waals surface area contributed by atoms with Gasteiger partial charge in [0, 0.05) is 18.6 Å². The monoisotopic (exact) mass is 287 g/mol. The lowest BCUT2D eigenvalue weighted by Gasteiger charge is -2.24. The van der Waals surface area contributed by atoms with E-state index in [4.69, 9.17) is 9.84 Å². The number of nitrogens with one attached hydrogen (secondary N) is 1. The number of aliphatic hydroxyl groups is 1. The molecule has 1 unspecified atom stereocenters.